The average Bonchev–Trinajstić information content (AvgIpc) is 2.97. The Hall–Kier alpha value is -1.98. The third kappa shape index (κ3) is 3.21. The van der Waals surface area contributed by atoms with Crippen molar-refractivity contribution in [2.45, 2.75) is 5.41 Å². The van der Waals surface area contributed by atoms with Gasteiger partial charge in [-0.1, -0.05) is 40.2 Å². The van der Waals surface area contributed by atoms with Crippen molar-refractivity contribution >= 4 is 15.9 Å². The van der Waals surface area contributed by atoms with Crippen LogP contribution in [0.25, 0.3) is 0 Å². The third-order valence-electron chi connectivity index (χ3n) is 4.04. The molecule has 0 saturated carbocycles. The number of benzene rings is 2. The summed E-state index contributed by atoms with van der Waals surface area (Å²) in [6, 6.07) is 16.2. The van der Waals surface area contributed by atoms with Crippen molar-refractivity contribution in [1.82, 2.24) is 5.32 Å². The molecule has 5 heteroatoms. The van der Waals surface area contributed by atoms with Gasteiger partial charge in [0.05, 0.1) is 17.8 Å². The predicted molar refractivity (Wildman–Crippen MR) is 94.2 cm³/mol. The fraction of sp³-hybridized carbons (Fsp3) is 0.222. The molecule has 2 aromatic carbocycles. The Labute approximate surface area is 144 Å². The van der Waals surface area contributed by atoms with Crippen LogP contribution in [0.15, 0.2) is 64.9 Å². The molecule has 0 spiro atoms. The maximum absolute atomic E-state index is 8.84. The molecular weight excluding hydrogens is 356 g/mol. The molecule has 0 bridgehead atoms. The van der Waals surface area contributed by atoms with Crippen LogP contribution in [0.2, 0.25) is 0 Å². The van der Waals surface area contributed by atoms with E-state index in [1.165, 1.54) is 5.56 Å². The molecule has 0 fully saturated rings. The number of hydrogen-bond acceptors (Lipinski definition) is 4. The Morgan fingerprint density at radius 3 is 2.57 bits per heavy atom. The van der Waals surface area contributed by atoms with Crippen LogP contribution < -0.4 is 15.8 Å². The Kier molecular flexibility index (Phi) is 4.59. The molecule has 3 rings (SSSR count). The highest BCUT2D eigenvalue weighted by Crippen LogP contribution is 2.38. The van der Waals surface area contributed by atoms with Crippen LogP contribution >= 0.6 is 15.9 Å². The normalized spacial score (nSPS) is 20.0. The summed E-state index contributed by atoms with van der Waals surface area (Å²) in [5, 5.41) is 12.1. The lowest BCUT2D eigenvalue weighted by Gasteiger charge is -2.28. The fourth-order valence-corrected chi connectivity index (χ4v) is 3.32. The predicted octanol–water partition coefficient (Wildman–Crippen LogP) is 2.51. The molecule has 4 N–H and O–H groups in total. The standard InChI is InChI=1S/C18H19BrN2O2/c19-15-3-1-2-14(10-15)18(11-17(20)21-12-18)13-4-6-16(7-5-13)23-9-8-22/h1-7,10-11,21-22H,8-9,12,20H2. The summed E-state index contributed by atoms with van der Waals surface area (Å²) in [5.74, 6) is 1.43. The van der Waals surface area contributed by atoms with Crippen LogP contribution in [-0.4, -0.2) is 24.9 Å². The summed E-state index contributed by atoms with van der Waals surface area (Å²) in [6.45, 7) is 1.02. The topological polar surface area (TPSA) is 67.5 Å². The largest absolute Gasteiger partial charge is 0.491 e. The van der Waals surface area contributed by atoms with Gasteiger partial charge < -0.3 is 20.9 Å². The van der Waals surface area contributed by atoms with Crippen molar-refractivity contribution in [2.75, 3.05) is 19.8 Å². The van der Waals surface area contributed by atoms with Gasteiger partial charge in [-0.3, -0.25) is 0 Å². The number of hydrogen-bond donors (Lipinski definition) is 3. The Balaban J connectivity index is 2.00. The summed E-state index contributed by atoms with van der Waals surface area (Å²) in [5.41, 5.74) is 8.01. The molecular formula is C18H19BrN2O2. The number of aliphatic hydroxyl groups is 1. The van der Waals surface area contributed by atoms with Crippen molar-refractivity contribution in [3.8, 4) is 5.75 Å². The van der Waals surface area contributed by atoms with Crippen molar-refractivity contribution in [1.29, 1.82) is 0 Å². The summed E-state index contributed by atoms with van der Waals surface area (Å²) < 4.78 is 6.48. The Morgan fingerprint density at radius 2 is 1.96 bits per heavy atom. The van der Waals surface area contributed by atoms with Crippen LogP contribution in [0.5, 0.6) is 5.75 Å². The SMILES string of the molecule is NC1=CC(c2ccc(OCCO)cc2)(c2cccc(Br)c2)CN1. The van der Waals surface area contributed by atoms with Crippen molar-refractivity contribution in [3.05, 3.63) is 76.0 Å². The van der Waals surface area contributed by atoms with Gasteiger partial charge in [0.1, 0.15) is 12.4 Å². The van der Waals surface area contributed by atoms with E-state index in [1.807, 2.05) is 36.4 Å². The monoisotopic (exact) mass is 374 g/mol. The molecule has 1 heterocycles. The number of nitrogens with two attached hydrogens (primary N) is 1. The van der Waals surface area contributed by atoms with Gasteiger partial charge in [-0.15, -0.1) is 0 Å². The zero-order chi connectivity index (χ0) is 16.3. The zero-order valence-corrected chi connectivity index (χ0v) is 14.2. The second-order valence-corrected chi connectivity index (χ2v) is 6.45. The van der Waals surface area contributed by atoms with Gasteiger partial charge in [-0.2, -0.15) is 0 Å². The van der Waals surface area contributed by atoms with Gasteiger partial charge in [0.15, 0.2) is 0 Å². The van der Waals surface area contributed by atoms with E-state index in [2.05, 4.69) is 39.5 Å². The number of ether oxygens (including phenoxy) is 1. The van der Waals surface area contributed by atoms with Crippen LogP contribution in [0.3, 0.4) is 0 Å². The second-order valence-electron chi connectivity index (χ2n) is 5.53. The van der Waals surface area contributed by atoms with Crippen molar-refractivity contribution in [2.24, 2.45) is 5.73 Å². The molecule has 4 nitrogen and oxygen atoms in total. The van der Waals surface area contributed by atoms with Crippen LogP contribution in [0.4, 0.5) is 0 Å². The van der Waals surface area contributed by atoms with Crippen molar-refractivity contribution in [3.63, 3.8) is 0 Å². The first kappa shape index (κ1) is 15.9. The van der Waals surface area contributed by atoms with Crippen molar-refractivity contribution < 1.29 is 9.84 Å². The molecule has 1 atom stereocenters. The van der Waals surface area contributed by atoms with Gasteiger partial charge in [0, 0.05) is 11.0 Å². The highest BCUT2D eigenvalue weighted by Gasteiger charge is 2.36. The van der Waals surface area contributed by atoms with Gasteiger partial charge in [-0.05, 0) is 41.5 Å². The highest BCUT2D eigenvalue weighted by atomic mass is 79.9. The fourth-order valence-electron chi connectivity index (χ4n) is 2.92. The first-order chi connectivity index (χ1) is 11.1. The van der Waals surface area contributed by atoms with Gasteiger partial charge in [0.25, 0.3) is 0 Å². The van der Waals surface area contributed by atoms with Crippen LogP contribution in [0, 0.1) is 0 Å². The molecule has 0 radical (unpaired) electrons. The third-order valence-corrected chi connectivity index (χ3v) is 4.54. The van der Waals surface area contributed by atoms with Gasteiger partial charge in [-0.25, -0.2) is 0 Å². The first-order valence-electron chi connectivity index (χ1n) is 7.46. The molecule has 0 aromatic heterocycles. The zero-order valence-electron chi connectivity index (χ0n) is 12.6. The van der Waals surface area contributed by atoms with E-state index in [0.717, 1.165) is 15.8 Å². The molecule has 120 valence electrons. The van der Waals surface area contributed by atoms with E-state index in [4.69, 9.17) is 15.6 Å². The molecule has 1 aliphatic rings. The summed E-state index contributed by atoms with van der Waals surface area (Å²) >= 11 is 3.55. The summed E-state index contributed by atoms with van der Waals surface area (Å²) in [4.78, 5) is 0. The van der Waals surface area contributed by atoms with E-state index < -0.39 is 0 Å². The molecule has 23 heavy (non-hydrogen) atoms. The minimum Gasteiger partial charge on any atom is -0.491 e. The average molecular weight is 375 g/mol. The number of aliphatic hydroxyl groups excluding tert-OH is 1. The minimum absolute atomic E-state index is 0.00687. The lowest BCUT2D eigenvalue weighted by atomic mass is 9.75. The van der Waals surface area contributed by atoms with Gasteiger partial charge in [0.2, 0.25) is 0 Å². The number of halogens is 1. The Bertz CT molecular complexity index is 715. The maximum atomic E-state index is 8.84. The highest BCUT2D eigenvalue weighted by molar-refractivity contribution is 9.10. The van der Waals surface area contributed by atoms with Crippen LogP contribution in [-0.2, 0) is 5.41 Å². The quantitative estimate of drug-likeness (QED) is 0.751. The van der Waals surface area contributed by atoms with Gasteiger partial charge >= 0.3 is 0 Å². The molecule has 2 aromatic rings. The Morgan fingerprint density at radius 1 is 1.17 bits per heavy atom. The smallest absolute Gasteiger partial charge is 0.119 e. The van der Waals surface area contributed by atoms with Crippen LogP contribution in [0.1, 0.15) is 11.1 Å². The van der Waals surface area contributed by atoms with E-state index in [-0.39, 0.29) is 12.0 Å². The molecule has 0 saturated heterocycles. The lowest BCUT2D eigenvalue weighted by Crippen LogP contribution is -2.31. The lowest BCUT2D eigenvalue weighted by molar-refractivity contribution is 0.201. The molecule has 1 unspecified atom stereocenters. The summed E-state index contributed by atoms with van der Waals surface area (Å²) in [7, 11) is 0. The minimum atomic E-state index is -0.302. The molecule has 0 amide bonds. The van der Waals surface area contributed by atoms with E-state index in [0.29, 0.717) is 19.0 Å². The first-order valence-corrected chi connectivity index (χ1v) is 8.26. The summed E-state index contributed by atoms with van der Waals surface area (Å²) in [6.07, 6.45) is 2.07. The second kappa shape index (κ2) is 6.64. The van der Waals surface area contributed by atoms with E-state index in [9.17, 15) is 0 Å². The van der Waals surface area contributed by atoms with E-state index in [1.54, 1.807) is 0 Å². The number of nitrogens with one attached hydrogen (secondary N) is 1. The molecule has 0 aliphatic carbocycles. The maximum Gasteiger partial charge on any atom is 0.119 e. The number of rotatable bonds is 5. The van der Waals surface area contributed by atoms with E-state index >= 15 is 0 Å². The molecule has 1 aliphatic heterocycles.